The van der Waals surface area contributed by atoms with Crippen molar-refractivity contribution in [1.29, 1.82) is 0 Å². The van der Waals surface area contributed by atoms with E-state index in [-0.39, 0.29) is 6.10 Å². The molecular formula is C12H12O. The molecule has 0 aromatic heterocycles. The van der Waals surface area contributed by atoms with E-state index in [1.165, 1.54) is 0 Å². The Kier molecular flexibility index (Phi) is 0.601. The molecule has 66 valence electrons. The third-order valence-corrected chi connectivity index (χ3v) is 6.09. The van der Waals surface area contributed by atoms with Crippen LogP contribution < -0.4 is 0 Å². The SMILES string of the molecule is C#CC12C3C4C5C[C@@H](O)C(C43)C1C52. The molecular weight excluding hydrogens is 160 g/mol. The van der Waals surface area contributed by atoms with E-state index in [0.717, 1.165) is 41.9 Å². The van der Waals surface area contributed by atoms with E-state index in [1.54, 1.807) is 0 Å². The van der Waals surface area contributed by atoms with Crippen molar-refractivity contribution < 1.29 is 5.11 Å². The Morgan fingerprint density at radius 2 is 2.00 bits per heavy atom. The van der Waals surface area contributed by atoms with Crippen LogP contribution in [0.25, 0.3) is 0 Å². The summed E-state index contributed by atoms with van der Waals surface area (Å²) in [5.41, 5.74) is 0.322. The van der Waals surface area contributed by atoms with Crippen LogP contribution in [-0.4, -0.2) is 11.2 Å². The maximum atomic E-state index is 9.95. The molecule has 0 aliphatic heterocycles. The maximum absolute atomic E-state index is 9.95. The van der Waals surface area contributed by atoms with Gasteiger partial charge in [-0.2, -0.15) is 0 Å². The molecule has 8 unspecified atom stereocenters. The molecule has 6 saturated carbocycles. The molecule has 6 aliphatic rings. The fourth-order valence-corrected chi connectivity index (χ4v) is 6.13. The molecule has 0 aromatic rings. The second-order valence-corrected chi connectivity index (χ2v) is 5.85. The highest BCUT2D eigenvalue weighted by molar-refractivity contribution is 5.48. The zero-order valence-electron chi connectivity index (χ0n) is 7.35. The molecule has 0 heterocycles. The molecule has 1 N–H and O–H groups in total. The first-order chi connectivity index (χ1) is 6.32. The molecule has 9 atom stereocenters. The van der Waals surface area contributed by atoms with Gasteiger partial charge in [0.1, 0.15) is 0 Å². The summed E-state index contributed by atoms with van der Waals surface area (Å²) in [7, 11) is 0. The molecule has 0 saturated heterocycles. The van der Waals surface area contributed by atoms with Gasteiger partial charge in [-0.25, -0.2) is 0 Å². The van der Waals surface area contributed by atoms with Gasteiger partial charge in [0.05, 0.1) is 6.10 Å². The van der Waals surface area contributed by atoms with Gasteiger partial charge < -0.3 is 5.11 Å². The Balaban J connectivity index is 1.81. The van der Waals surface area contributed by atoms with Crippen LogP contribution in [0.15, 0.2) is 0 Å². The first kappa shape index (κ1) is 6.09. The first-order valence-electron chi connectivity index (χ1n) is 5.48. The number of hydrogen-bond acceptors (Lipinski definition) is 1. The largest absolute Gasteiger partial charge is 0.393 e. The van der Waals surface area contributed by atoms with Gasteiger partial charge in [-0.15, -0.1) is 6.42 Å². The molecule has 1 heteroatoms. The third kappa shape index (κ3) is 0.327. The maximum Gasteiger partial charge on any atom is 0.0577 e. The fraction of sp³-hybridized carbons (Fsp3) is 0.833. The highest BCUT2D eigenvalue weighted by Gasteiger charge is 2.96. The average Bonchev–Trinajstić information content (AvgIpc) is 2.94. The lowest BCUT2D eigenvalue weighted by Gasteiger charge is -2.38. The molecule has 6 aliphatic carbocycles. The minimum absolute atomic E-state index is 0.00947. The minimum atomic E-state index is 0.00947. The van der Waals surface area contributed by atoms with Gasteiger partial charge in [-0.05, 0) is 47.8 Å². The number of hydrogen-bond donors (Lipinski definition) is 1. The Morgan fingerprint density at radius 3 is 2.54 bits per heavy atom. The predicted molar refractivity (Wildman–Crippen MR) is 46.3 cm³/mol. The third-order valence-electron chi connectivity index (χ3n) is 6.09. The Hall–Kier alpha value is -0.480. The van der Waals surface area contributed by atoms with Crippen LogP contribution in [0.1, 0.15) is 6.42 Å². The number of terminal acetylenes is 1. The van der Waals surface area contributed by atoms with E-state index in [4.69, 9.17) is 6.42 Å². The summed E-state index contributed by atoms with van der Waals surface area (Å²) >= 11 is 0. The molecule has 1 nitrogen and oxygen atoms in total. The molecule has 0 spiro atoms. The summed E-state index contributed by atoms with van der Waals surface area (Å²) in [5.74, 6) is 8.85. The standard InChI is InChI=1S/C12H12O/c1-2-12-9-4-3-5(13)7(11(9)12)8-6(4)10(8)12/h1,4-11,13H,3H2/t4?,5-,6?,7?,8?,9?,10?,11?,12?/m1/s1. The van der Waals surface area contributed by atoms with Gasteiger partial charge in [0, 0.05) is 5.41 Å². The lowest BCUT2D eigenvalue weighted by Crippen LogP contribution is -2.39. The van der Waals surface area contributed by atoms with Gasteiger partial charge in [-0.3, -0.25) is 0 Å². The van der Waals surface area contributed by atoms with Crippen molar-refractivity contribution in [3.05, 3.63) is 0 Å². The van der Waals surface area contributed by atoms with Crippen LogP contribution >= 0.6 is 0 Å². The van der Waals surface area contributed by atoms with Crippen molar-refractivity contribution in [1.82, 2.24) is 0 Å². The van der Waals surface area contributed by atoms with E-state index in [9.17, 15) is 5.11 Å². The first-order valence-corrected chi connectivity index (χ1v) is 5.48. The second-order valence-electron chi connectivity index (χ2n) is 5.85. The van der Waals surface area contributed by atoms with Gasteiger partial charge in [0.25, 0.3) is 0 Å². The minimum Gasteiger partial charge on any atom is -0.393 e. The number of rotatable bonds is 0. The van der Waals surface area contributed by atoms with Gasteiger partial charge in [-0.1, -0.05) is 5.92 Å². The van der Waals surface area contributed by atoms with Crippen LogP contribution in [0.3, 0.4) is 0 Å². The summed E-state index contributed by atoms with van der Waals surface area (Å²) in [6.07, 6.45) is 6.80. The van der Waals surface area contributed by atoms with Crippen LogP contribution in [0.2, 0.25) is 0 Å². The van der Waals surface area contributed by atoms with E-state index >= 15 is 0 Å². The molecule has 6 rings (SSSR count). The molecule has 0 radical (unpaired) electrons. The molecule has 6 fully saturated rings. The van der Waals surface area contributed by atoms with Gasteiger partial charge >= 0.3 is 0 Å². The van der Waals surface area contributed by atoms with E-state index in [0.29, 0.717) is 11.3 Å². The quantitative estimate of drug-likeness (QED) is 0.534. The lowest BCUT2D eigenvalue weighted by atomic mass is 9.69. The second kappa shape index (κ2) is 1.28. The lowest BCUT2D eigenvalue weighted by molar-refractivity contribution is -0.0127. The smallest absolute Gasteiger partial charge is 0.0577 e. The molecule has 0 aromatic carbocycles. The van der Waals surface area contributed by atoms with Crippen molar-refractivity contribution >= 4 is 0 Å². The topological polar surface area (TPSA) is 20.2 Å². The molecule has 13 heavy (non-hydrogen) atoms. The Bertz CT molecular complexity index is 377. The van der Waals surface area contributed by atoms with Gasteiger partial charge in [0.2, 0.25) is 0 Å². The summed E-state index contributed by atoms with van der Waals surface area (Å²) in [6, 6.07) is 0. The summed E-state index contributed by atoms with van der Waals surface area (Å²) < 4.78 is 0. The van der Waals surface area contributed by atoms with Crippen molar-refractivity contribution in [2.45, 2.75) is 12.5 Å². The van der Waals surface area contributed by atoms with Crippen LogP contribution in [0.4, 0.5) is 0 Å². The number of aliphatic hydroxyl groups is 1. The highest BCUT2D eigenvalue weighted by atomic mass is 16.3. The number of aliphatic hydroxyl groups excluding tert-OH is 1. The zero-order chi connectivity index (χ0) is 8.53. The van der Waals surface area contributed by atoms with E-state index in [1.807, 2.05) is 0 Å². The summed E-state index contributed by atoms with van der Waals surface area (Å²) in [4.78, 5) is 0. The van der Waals surface area contributed by atoms with Gasteiger partial charge in [0.15, 0.2) is 0 Å². The predicted octanol–water partition coefficient (Wildman–Crippen LogP) is 0.738. The van der Waals surface area contributed by atoms with Crippen molar-refractivity contribution in [2.24, 2.45) is 46.8 Å². The van der Waals surface area contributed by atoms with Crippen LogP contribution in [0.5, 0.6) is 0 Å². The molecule has 2 bridgehead atoms. The monoisotopic (exact) mass is 172 g/mol. The Morgan fingerprint density at radius 1 is 1.15 bits per heavy atom. The zero-order valence-corrected chi connectivity index (χ0v) is 7.35. The normalized spacial score (nSPS) is 83.7. The fourth-order valence-electron chi connectivity index (χ4n) is 6.13. The van der Waals surface area contributed by atoms with Crippen LogP contribution in [0, 0.1) is 59.2 Å². The van der Waals surface area contributed by atoms with E-state index in [2.05, 4.69) is 5.92 Å². The summed E-state index contributed by atoms with van der Waals surface area (Å²) in [5, 5.41) is 9.95. The van der Waals surface area contributed by atoms with Crippen molar-refractivity contribution in [2.75, 3.05) is 0 Å². The highest BCUT2D eigenvalue weighted by Crippen LogP contribution is 2.96. The number of fused-ring (bicyclic) bond motifs is 1. The molecule has 0 amide bonds. The summed E-state index contributed by atoms with van der Waals surface area (Å²) in [6.45, 7) is 0. The average molecular weight is 172 g/mol. The van der Waals surface area contributed by atoms with Crippen molar-refractivity contribution in [3.63, 3.8) is 0 Å². The van der Waals surface area contributed by atoms with Crippen LogP contribution in [-0.2, 0) is 0 Å². The Labute approximate surface area is 77.5 Å². The van der Waals surface area contributed by atoms with E-state index < -0.39 is 0 Å². The van der Waals surface area contributed by atoms with Crippen molar-refractivity contribution in [3.8, 4) is 12.3 Å².